The van der Waals surface area contributed by atoms with Crippen LogP contribution < -0.4 is 10.6 Å². The summed E-state index contributed by atoms with van der Waals surface area (Å²) in [6.07, 6.45) is 0. The molecule has 0 fully saturated rings. The van der Waals surface area contributed by atoms with Crippen molar-refractivity contribution in [2.45, 2.75) is 26.7 Å². The molecule has 160 valence electrons. The zero-order valence-electron chi connectivity index (χ0n) is 17.2. The Hall–Kier alpha value is -3.23. The van der Waals surface area contributed by atoms with Gasteiger partial charge in [-0.1, -0.05) is 26.0 Å². The van der Waals surface area contributed by atoms with Gasteiger partial charge in [-0.15, -0.1) is 0 Å². The second-order valence-electron chi connectivity index (χ2n) is 6.37. The monoisotopic (exact) mass is 414 g/mol. The second-order valence-corrected chi connectivity index (χ2v) is 6.37. The van der Waals surface area contributed by atoms with E-state index in [1.165, 1.54) is 6.92 Å². The topological polar surface area (TPSA) is 125 Å². The van der Waals surface area contributed by atoms with Crippen LogP contribution in [0.15, 0.2) is 36.4 Å². The van der Waals surface area contributed by atoms with Gasteiger partial charge in [-0.05, 0) is 46.5 Å². The summed E-state index contributed by atoms with van der Waals surface area (Å²) < 4.78 is 5.23. The molecule has 0 spiro atoms. The Morgan fingerprint density at radius 2 is 1.30 bits per heavy atom. The first-order chi connectivity index (χ1) is 14.4. The number of fused-ring (bicyclic) bond motifs is 3. The first-order valence-corrected chi connectivity index (χ1v) is 9.66. The van der Waals surface area contributed by atoms with Crippen molar-refractivity contribution in [1.29, 1.82) is 0 Å². The number of esters is 1. The van der Waals surface area contributed by atoms with E-state index in [4.69, 9.17) is 14.9 Å². The molecule has 8 heteroatoms. The quantitative estimate of drug-likeness (QED) is 0.538. The lowest BCUT2D eigenvalue weighted by Gasteiger charge is -2.15. The highest BCUT2D eigenvalue weighted by Gasteiger charge is 2.30. The molecule has 0 saturated carbocycles. The van der Waals surface area contributed by atoms with Gasteiger partial charge >= 0.3 is 5.97 Å². The summed E-state index contributed by atoms with van der Waals surface area (Å²) in [6.45, 7) is 4.18. The van der Waals surface area contributed by atoms with Crippen molar-refractivity contribution in [2.75, 3.05) is 30.5 Å². The van der Waals surface area contributed by atoms with E-state index in [2.05, 4.69) is 10.6 Å². The minimum absolute atomic E-state index is 0.101. The van der Waals surface area contributed by atoms with Gasteiger partial charge in [-0.3, -0.25) is 14.4 Å². The van der Waals surface area contributed by atoms with Crippen molar-refractivity contribution in [3.8, 4) is 11.1 Å². The van der Waals surface area contributed by atoms with Crippen LogP contribution in [0.25, 0.3) is 11.1 Å². The third-order valence-electron chi connectivity index (χ3n) is 4.45. The van der Waals surface area contributed by atoms with Crippen molar-refractivity contribution >= 4 is 29.2 Å². The Labute approximate surface area is 174 Å². The van der Waals surface area contributed by atoms with Crippen molar-refractivity contribution in [2.24, 2.45) is 0 Å². The molecule has 30 heavy (non-hydrogen) atoms. The number of anilines is 2. The molecule has 0 aromatic heterocycles. The molecule has 0 radical (unpaired) electrons. The first kappa shape index (κ1) is 23.1. The van der Waals surface area contributed by atoms with Crippen LogP contribution in [0.3, 0.4) is 0 Å². The lowest BCUT2D eigenvalue weighted by molar-refractivity contribution is -0.141. The number of aliphatic hydroxyl groups is 2. The summed E-state index contributed by atoms with van der Waals surface area (Å²) in [7, 11) is 0. The second kappa shape index (κ2) is 10.5. The van der Waals surface area contributed by atoms with Gasteiger partial charge in [-0.2, -0.15) is 0 Å². The van der Waals surface area contributed by atoms with Crippen LogP contribution in [0, 0.1) is 0 Å². The molecule has 2 aromatic rings. The molecule has 2 aromatic carbocycles. The highest BCUT2D eigenvalue weighted by molar-refractivity contribution is 5.94. The van der Waals surface area contributed by atoms with Crippen molar-refractivity contribution in [3.05, 3.63) is 47.5 Å². The van der Waals surface area contributed by atoms with E-state index in [0.717, 1.165) is 22.3 Å². The van der Waals surface area contributed by atoms with Crippen LogP contribution >= 0.6 is 0 Å². The van der Waals surface area contributed by atoms with Crippen LogP contribution in [0.4, 0.5) is 11.4 Å². The lowest BCUT2D eigenvalue weighted by atomic mass is 9.97. The average molecular weight is 414 g/mol. The Bertz CT molecular complexity index is 874. The van der Waals surface area contributed by atoms with E-state index in [1.54, 1.807) is 24.3 Å². The maximum atomic E-state index is 11.5. The molecule has 8 nitrogen and oxygen atoms in total. The maximum absolute atomic E-state index is 11.5. The van der Waals surface area contributed by atoms with E-state index in [9.17, 15) is 14.4 Å². The van der Waals surface area contributed by atoms with Crippen LogP contribution in [0.5, 0.6) is 0 Å². The Kier molecular flexibility index (Phi) is 8.08. The standard InChI is InChI=1S/C20H20N2O6.C2H6/c1-11(25)28-10-18-16-6-12(21-19(26)8-23)2-4-14(16)15-5-3-13(7-17(15)18)22-20(27)9-24;1-2/h2-7,18,23-24H,8-10H2,1H3,(H,21,26)(H,22,27);1-2H3. The molecular weight excluding hydrogens is 388 g/mol. The third kappa shape index (κ3) is 5.22. The number of aliphatic hydroxyl groups excluding tert-OH is 2. The van der Waals surface area contributed by atoms with Gasteiger partial charge in [0.1, 0.15) is 19.8 Å². The lowest BCUT2D eigenvalue weighted by Crippen LogP contribution is -2.16. The van der Waals surface area contributed by atoms with Gasteiger partial charge < -0.3 is 25.6 Å². The van der Waals surface area contributed by atoms with Crippen molar-refractivity contribution in [1.82, 2.24) is 0 Å². The zero-order valence-corrected chi connectivity index (χ0v) is 17.2. The normalized spacial score (nSPS) is 11.5. The van der Waals surface area contributed by atoms with Gasteiger partial charge in [-0.25, -0.2) is 0 Å². The molecule has 4 N–H and O–H groups in total. The van der Waals surface area contributed by atoms with Gasteiger partial charge in [0.2, 0.25) is 11.8 Å². The number of carbonyl (C=O) groups excluding carboxylic acids is 3. The Morgan fingerprint density at radius 1 is 0.867 bits per heavy atom. The molecule has 0 unspecified atom stereocenters. The third-order valence-corrected chi connectivity index (χ3v) is 4.45. The zero-order chi connectivity index (χ0) is 22.3. The summed E-state index contributed by atoms with van der Waals surface area (Å²) >= 11 is 0. The van der Waals surface area contributed by atoms with E-state index < -0.39 is 31.0 Å². The van der Waals surface area contributed by atoms with E-state index in [0.29, 0.717) is 11.4 Å². The SMILES string of the molecule is CC.CC(=O)OCC1c2cc(NC(=O)CO)ccc2-c2ccc(NC(=O)CO)cc21. The number of benzene rings is 2. The van der Waals surface area contributed by atoms with Crippen LogP contribution in [-0.4, -0.2) is 47.8 Å². The van der Waals surface area contributed by atoms with E-state index in [1.807, 2.05) is 26.0 Å². The van der Waals surface area contributed by atoms with Crippen LogP contribution in [0.1, 0.15) is 37.8 Å². The molecule has 1 aliphatic carbocycles. The molecule has 0 bridgehead atoms. The highest BCUT2D eigenvalue weighted by Crippen LogP contribution is 2.46. The number of ether oxygens (including phenoxy) is 1. The fourth-order valence-corrected chi connectivity index (χ4v) is 3.30. The summed E-state index contributed by atoms with van der Waals surface area (Å²) in [5, 5.41) is 23.1. The fourth-order valence-electron chi connectivity index (χ4n) is 3.30. The average Bonchev–Trinajstić information content (AvgIpc) is 3.05. The van der Waals surface area contributed by atoms with Gasteiger partial charge in [0, 0.05) is 24.2 Å². The Balaban J connectivity index is 0.00000155. The number of carbonyl (C=O) groups is 3. The number of nitrogens with one attached hydrogen (secondary N) is 2. The number of amides is 2. The molecule has 0 heterocycles. The first-order valence-electron chi connectivity index (χ1n) is 9.66. The summed E-state index contributed by atoms with van der Waals surface area (Å²) in [4.78, 5) is 34.3. The molecule has 0 saturated heterocycles. The number of rotatable bonds is 6. The van der Waals surface area contributed by atoms with Crippen LogP contribution in [0.2, 0.25) is 0 Å². The van der Waals surface area contributed by atoms with Gasteiger partial charge in [0.05, 0.1) is 0 Å². The fraction of sp³-hybridized carbons (Fsp3) is 0.318. The van der Waals surface area contributed by atoms with Crippen molar-refractivity contribution in [3.63, 3.8) is 0 Å². The molecule has 0 atom stereocenters. The van der Waals surface area contributed by atoms with Gasteiger partial charge in [0.15, 0.2) is 0 Å². The summed E-state index contributed by atoms with van der Waals surface area (Å²) in [6, 6.07) is 10.7. The smallest absolute Gasteiger partial charge is 0.302 e. The van der Waals surface area contributed by atoms with Crippen molar-refractivity contribution < 1.29 is 29.3 Å². The molecule has 1 aliphatic rings. The maximum Gasteiger partial charge on any atom is 0.302 e. The van der Waals surface area contributed by atoms with Gasteiger partial charge in [0.25, 0.3) is 0 Å². The summed E-state index contributed by atoms with van der Waals surface area (Å²) in [5.41, 5.74) is 4.61. The summed E-state index contributed by atoms with van der Waals surface area (Å²) in [5.74, 6) is -1.75. The molecule has 0 aliphatic heterocycles. The number of hydrogen-bond donors (Lipinski definition) is 4. The number of hydrogen-bond acceptors (Lipinski definition) is 6. The predicted octanol–water partition coefficient (Wildman–Crippen LogP) is 2.25. The van der Waals surface area contributed by atoms with E-state index >= 15 is 0 Å². The largest absolute Gasteiger partial charge is 0.465 e. The predicted molar refractivity (Wildman–Crippen MR) is 113 cm³/mol. The highest BCUT2D eigenvalue weighted by atomic mass is 16.5. The molecule has 2 amide bonds. The minimum Gasteiger partial charge on any atom is -0.465 e. The molecular formula is C22H26N2O6. The Morgan fingerprint density at radius 3 is 1.67 bits per heavy atom. The van der Waals surface area contributed by atoms with E-state index in [-0.39, 0.29) is 12.5 Å². The van der Waals surface area contributed by atoms with Crippen LogP contribution in [-0.2, 0) is 19.1 Å². The molecule has 3 rings (SSSR count). The minimum atomic E-state index is -0.623.